The molecule has 0 saturated carbocycles. The lowest BCUT2D eigenvalue weighted by molar-refractivity contribution is -0.311. The minimum Gasteiger partial charge on any atom is -0.495 e. The monoisotopic (exact) mass is 636 g/mol. The van der Waals surface area contributed by atoms with Crippen LogP contribution in [0.4, 0.5) is 0 Å². The molecule has 1 aromatic heterocycles. The van der Waals surface area contributed by atoms with Gasteiger partial charge in [0.1, 0.15) is 53.7 Å². The van der Waals surface area contributed by atoms with Gasteiger partial charge in [0, 0.05) is 51.8 Å². The van der Waals surface area contributed by atoms with Gasteiger partial charge >= 0.3 is 23.9 Å². The van der Waals surface area contributed by atoms with Crippen molar-refractivity contribution >= 4 is 34.8 Å². The van der Waals surface area contributed by atoms with Gasteiger partial charge in [-0.15, -0.1) is 0 Å². The lowest BCUT2D eigenvalue weighted by Gasteiger charge is -2.43. The van der Waals surface area contributed by atoms with Gasteiger partial charge in [-0.05, 0) is 13.8 Å². The molecule has 246 valence electrons. The standard InChI is InChI=1S/C30H36O15/c1-13(31)38-12-22-26(40-14(2)32)27(41-15(3)33)28(42-16(4)34)29(45-22)39-11-17-8-19(35)24-21(43-17)10-20-18(25(24)37-7)9-23(44-20)30(5,6)36/h8,10,22-23,26-29,36H,9,11-12H2,1-7H3/t22-,23+,26-,27+,28-,29-/m1/s1. The second-order valence-electron chi connectivity index (χ2n) is 11.2. The molecule has 6 atom stereocenters. The molecule has 0 bridgehead atoms. The summed E-state index contributed by atoms with van der Waals surface area (Å²) in [6.45, 7) is 6.86. The van der Waals surface area contributed by atoms with Gasteiger partial charge in [0.2, 0.25) is 0 Å². The number of carbonyl (C=O) groups is 4. The molecule has 0 unspecified atom stereocenters. The smallest absolute Gasteiger partial charge is 0.303 e. The van der Waals surface area contributed by atoms with Crippen LogP contribution in [0.1, 0.15) is 52.9 Å². The molecular formula is C30H36O15. The van der Waals surface area contributed by atoms with Crippen LogP contribution in [0, 0.1) is 0 Å². The normalized spacial score (nSPS) is 24.3. The van der Waals surface area contributed by atoms with Gasteiger partial charge in [-0.3, -0.25) is 24.0 Å². The molecule has 0 radical (unpaired) electrons. The van der Waals surface area contributed by atoms with Crippen molar-refractivity contribution in [2.24, 2.45) is 0 Å². The molecule has 1 aromatic carbocycles. The number of rotatable bonds is 10. The first-order chi connectivity index (χ1) is 21.1. The highest BCUT2D eigenvalue weighted by Crippen LogP contribution is 2.43. The predicted molar refractivity (Wildman–Crippen MR) is 150 cm³/mol. The third-order valence-electron chi connectivity index (χ3n) is 7.08. The van der Waals surface area contributed by atoms with E-state index in [1.54, 1.807) is 13.8 Å². The van der Waals surface area contributed by atoms with Gasteiger partial charge in [0.25, 0.3) is 0 Å². The van der Waals surface area contributed by atoms with Crippen molar-refractivity contribution in [2.75, 3.05) is 13.7 Å². The summed E-state index contributed by atoms with van der Waals surface area (Å²) < 4.78 is 50.5. The van der Waals surface area contributed by atoms with E-state index < -0.39 is 84.9 Å². The third-order valence-corrected chi connectivity index (χ3v) is 7.08. The summed E-state index contributed by atoms with van der Waals surface area (Å²) in [4.78, 5) is 60.9. The van der Waals surface area contributed by atoms with E-state index in [0.717, 1.165) is 27.7 Å². The van der Waals surface area contributed by atoms with Gasteiger partial charge < -0.3 is 47.4 Å². The second-order valence-corrected chi connectivity index (χ2v) is 11.2. The van der Waals surface area contributed by atoms with E-state index in [-0.39, 0.29) is 22.5 Å². The molecule has 2 aliphatic heterocycles. The Morgan fingerprint density at radius 1 is 0.933 bits per heavy atom. The van der Waals surface area contributed by atoms with Crippen LogP contribution in [0.3, 0.4) is 0 Å². The summed E-state index contributed by atoms with van der Waals surface area (Å²) in [6, 6.07) is 2.71. The molecule has 2 aliphatic rings. The maximum absolute atomic E-state index is 13.3. The Bertz CT molecular complexity index is 1520. The number of hydrogen-bond donors (Lipinski definition) is 1. The molecule has 1 N–H and O–H groups in total. The second kappa shape index (κ2) is 13.4. The Kier molecular flexibility index (Phi) is 10.0. The van der Waals surface area contributed by atoms with Crippen LogP contribution in [0.25, 0.3) is 11.0 Å². The lowest BCUT2D eigenvalue weighted by Crippen LogP contribution is -2.62. The number of fused-ring (bicyclic) bond motifs is 2. The fourth-order valence-corrected chi connectivity index (χ4v) is 5.21. The fraction of sp³-hybridized carbons (Fsp3) is 0.567. The van der Waals surface area contributed by atoms with Crippen LogP contribution in [-0.2, 0) is 60.6 Å². The van der Waals surface area contributed by atoms with Gasteiger partial charge in [-0.1, -0.05) is 0 Å². The Morgan fingerprint density at radius 3 is 2.13 bits per heavy atom. The van der Waals surface area contributed by atoms with Crippen molar-refractivity contribution in [2.45, 2.75) is 97.0 Å². The summed E-state index contributed by atoms with van der Waals surface area (Å²) in [5, 5.41) is 10.6. The molecule has 4 rings (SSSR count). The van der Waals surface area contributed by atoms with Crippen molar-refractivity contribution in [1.82, 2.24) is 0 Å². The zero-order valence-electron chi connectivity index (χ0n) is 25.9. The third kappa shape index (κ3) is 7.72. The quantitative estimate of drug-likeness (QED) is 0.291. The van der Waals surface area contributed by atoms with Crippen molar-refractivity contribution in [3.63, 3.8) is 0 Å². The number of esters is 4. The van der Waals surface area contributed by atoms with Gasteiger partial charge in [0.05, 0.1) is 12.7 Å². The van der Waals surface area contributed by atoms with Crippen LogP contribution < -0.4 is 14.9 Å². The molecule has 45 heavy (non-hydrogen) atoms. The molecule has 1 fully saturated rings. The van der Waals surface area contributed by atoms with Gasteiger partial charge in [0.15, 0.2) is 30.0 Å². The van der Waals surface area contributed by atoms with Gasteiger partial charge in [-0.2, -0.15) is 0 Å². The highest BCUT2D eigenvalue weighted by Gasteiger charge is 2.53. The first-order valence-electron chi connectivity index (χ1n) is 14.1. The van der Waals surface area contributed by atoms with Crippen molar-refractivity contribution in [3.05, 3.63) is 33.7 Å². The Labute approximate surface area is 257 Å². The first-order valence-corrected chi connectivity index (χ1v) is 14.1. The van der Waals surface area contributed by atoms with Crippen molar-refractivity contribution in [3.8, 4) is 11.5 Å². The maximum atomic E-state index is 13.3. The maximum Gasteiger partial charge on any atom is 0.303 e. The minimum absolute atomic E-state index is 0.0272. The van der Waals surface area contributed by atoms with E-state index in [1.165, 1.54) is 19.2 Å². The Morgan fingerprint density at radius 2 is 1.56 bits per heavy atom. The zero-order valence-corrected chi connectivity index (χ0v) is 25.9. The van der Waals surface area contributed by atoms with E-state index in [0.29, 0.717) is 17.7 Å². The van der Waals surface area contributed by atoms with Gasteiger partial charge in [-0.25, -0.2) is 0 Å². The molecule has 0 aliphatic carbocycles. The molecule has 0 spiro atoms. The van der Waals surface area contributed by atoms with Crippen molar-refractivity contribution < 1.29 is 66.6 Å². The molecule has 1 saturated heterocycles. The first kappa shape index (κ1) is 33.7. The van der Waals surface area contributed by atoms with Crippen LogP contribution in [-0.4, -0.2) is 85.1 Å². The Balaban J connectivity index is 1.68. The average molecular weight is 637 g/mol. The van der Waals surface area contributed by atoms with Crippen LogP contribution in [0.2, 0.25) is 0 Å². The number of benzene rings is 1. The van der Waals surface area contributed by atoms with Crippen LogP contribution >= 0.6 is 0 Å². The number of ether oxygens (including phenoxy) is 8. The molecular weight excluding hydrogens is 600 g/mol. The van der Waals surface area contributed by atoms with E-state index in [9.17, 15) is 29.1 Å². The molecule has 0 amide bonds. The summed E-state index contributed by atoms with van der Waals surface area (Å²) in [5.41, 5.74) is -0.889. The van der Waals surface area contributed by atoms with E-state index in [4.69, 9.17) is 42.3 Å². The summed E-state index contributed by atoms with van der Waals surface area (Å²) in [6.07, 6.45) is -7.19. The lowest BCUT2D eigenvalue weighted by atomic mass is 9.96. The number of aliphatic hydroxyl groups is 1. The average Bonchev–Trinajstić information content (AvgIpc) is 3.36. The summed E-state index contributed by atoms with van der Waals surface area (Å²) in [5.74, 6) is -2.36. The molecule has 2 aromatic rings. The van der Waals surface area contributed by atoms with E-state index in [1.807, 2.05) is 0 Å². The fourth-order valence-electron chi connectivity index (χ4n) is 5.21. The number of methoxy groups -OCH3 is 1. The molecule has 3 heterocycles. The topological polar surface area (TPSA) is 193 Å². The number of carbonyl (C=O) groups excluding carboxylic acids is 4. The van der Waals surface area contributed by atoms with E-state index >= 15 is 0 Å². The zero-order chi connectivity index (χ0) is 33.2. The molecule has 15 heteroatoms. The highest BCUT2D eigenvalue weighted by atomic mass is 16.7. The van der Waals surface area contributed by atoms with Crippen LogP contribution in [0.15, 0.2) is 21.3 Å². The summed E-state index contributed by atoms with van der Waals surface area (Å²) in [7, 11) is 1.41. The SMILES string of the molecule is COc1c2c(cc3oc(CO[C@@H]4O[C@H](COC(C)=O)[C@@H](OC(C)=O)[C@H](OC(C)=O)[C@H]4OC(C)=O)cc(=O)c13)O[C@H](C(C)(C)O)C2. The number of hydrogen-bond acceptors (Lipinski definition) is 15. The van der Waals surface area contributed by atoms with Crippen LogP contribution in [0.5, 0.6) is 11.5 Å². The summed E-state index contributed by atoms with van der Waals surface area (Å²) >= 11 is 0. The van der Waals surface area contributed by atoms with Crippen molar-refractivity contribution in [1.29, 1.82) is 0 Å². The minimum atomic E-state index is -1.47. The predicted octanol–water partition coefficient (Wildman–Crippen LogP) is 1.48. The molecule has 15 nitrogen and oxygen atoms in total. The largest absolute Gasteiger partial charge is 0.495 e. The Hall–Kier alpha value is -4.21. The highest BCUT2D eigenvalue weighted by molar-refractivity contribution is 5.87. The van der Waals surface area contributed by atoms with E-state index in [2.05, 4.69) is 0 Å².